The van der Waals surface area contributed by atoms with Gasteiger partial charge in [0.15, 0.2) is 5.12 Å². The van der Waals surface area contributed by atoms with E-state index in [0.29, 0.717) is 25.7 Å². The number of carbonyl (C=O) groups is 4. The van der Waals surface area contributed by atoms with Crippen LogP contribution in [0.4, 0.5) is 0 Å². The average Bonchev–Trinajstić information content (AvgIpc) is 2.94. The number of nitrogens with zero attached hydrogens (tertiary/aromatic N) is 1. The van der Waals surface area contributed by atoms with Gasteiger partial charge in [0.2, 0.25) is 11.8 Å². The smallest absolute Gasteiger partial charge is 0.326 e. The minimum absolute atomic E-state index is 0.185. The van der Waals surface area contributed by atoms with E-state index in [0.717, 1.165) is 28.5 Å². The van der Waals surface area contributed by atoms with Crippen LogP contribution in [0.3, 0.4) is 0 Å². The predicted molar refractivity (Wildman–Crippen MR) is 129 cm³/mol. The topological polar surface area (TPSA) is 104 Å². The van der Waals surface area contributed by atoms with Crippen LogP contribution in [-0.4, -0.2) is 50.2 Å². The highest BCUT2D eigenvalue weighted by molar-refractivity contribution is 8.14. The summed E-state index contributed by atoms with van der Waals surface area (Å²) in [6.45, 7) is 1.42. The van der Waals surface area contributed by atoms with E-state index >= 15 is 0 Å². The summed E-state index contributed by atoms with van der Waals surface area (Å²) in [5.41, 5.74) is 2.78. The Kier molecular flexibility index (Phi) is 7.36. The van der Waals surface area contributed by atoms with Gasteiger partial charge in [0.05, 0.1) is 11.3 Å². The molecule has 2 aromatic carbocycles. The maximum Gasteiger partial charge on any atom is 0.326 e. The van der Waals surface area contributed by atoms with Gasteiger partial charge in [0.25, 0.3) is 0 Å². The van der Waals surface area contributed by atoms with Gasteiger partial charge >= 0.3 is 5.97 Å². The molecule has 7 nitrogen and oxygen atoms in total. The van der Waals surface area contributed by atoms with Gasteiger partial charge in [-0.1, -0.05) is 66.4 Å². The van der Waals surface area contributed by atoms with Crippen molar-refractivity contribution < 1.29 is 24.3 Å². The second kappa shape index (κ2) is 10.4. The summed E-state index contributed by atoms with van der Waals surface area (Å²) in [5.74, 6) is -1.81. The summed E-state index contributed by atoms with van der Waals surface area (Å²) in [5, 5.41) is 11.8. The van der Waals surface area contributed by atoms with Crippen molar-refractivity contribution in [2.24, 2.45) is 0 Å². The lowest BCUT2D eigenvalue weighted by Gasteiger charge is -2.40. The molecular weight excluding hydrogens is 452 g/mol. The van der Waals surface area contributed by atoms with Crippen molar-refractivity contribution in [2.75, 3.05) is 0 Å². The number of hydrogen-bond acceptors (Lipinski definition) is 5. The lowest BCUT2D eigenvalue weighted by molar-refractivity contribution is -0.156. The Hall–Kier alpha value is -3.13. The van der Waals surface area contributed by atoms with Crippen molar-refractivity contribution in [2.45, 2.75) is 62.4 Å². The highest BCUT2D eigenvalue weighted by Gasteiger charge is 2.44. The van der Waals surface area contributed by atoms with Crippen molar-refractivity contribution in [1.82, 2.24) is 10.2 Å². The number of aliphatic carboxylic acids is 1. The third kappa shape index (κ3) is 5.17. The Morgan fingerprint density at radius 3 is 2.50 bits per heavy atom. The van der Waals surface area contributed by atoms with Gasteiger partial charge < -0.3 is 15.3 Å². The average molecular weight is 481 g/mol. The van der Waals surface area contributed by atoms with Crippen molar-refractivity contribution >= 4 is 34.7 Å². The van der Waals surface area contributed by atoms with E-state index < -0.39 is 29.2 Å². The Morgan fingerprint density at radius 2 is 1.79 bits per heavy atom. The lowest BCUT2D eigenvalue weighted by atomic mass is 9.89. The third-order valence-electron chi connectivity index (χ3n) is 6.48. The molecule has 0 bridgehead atoms. The van der Waals surface area contributed by atoms with Crippen LogP contribution in [-0.2, 0) is 32.0 Å². The van der Waals surface area contributed by atoms with Crippen molar-refractivity contribution in [3.05, 3.63) is 71.3 Å². The molecule has 2 N–H and O–H groups in total. The van der Waals surface area contributed by atoms with Gasteiger partial charge in [-0.05, 0) is 42.4 Å². The first-order chi connectivity index (χ1) is 16.3. The lowest BCUT2D eigenvalue weighted by Crippen LogP contribution is -2.56. The molecule has 2 amide bonds. The number of carbonyl (C=O) groups excluding carboxylic acids is 3. The van der Waals surface area contributed by atoms with Crippen LogP contribution in [0.2, 0.25) is 0 Å². The van der Waals surface area contributed by atoms with Crippen molar-refractivity contribution in [3.63, 3.8) is 0 Å². The Labute approximate surface area is 202 Å². The fourth-order valence-electron chi connectivity index (χ4n) is 4.98. The summed E-state index contributed by atoms with van der Waals surface area (Å²) < 4.78 is 0. The fraction of sp³-hybridized carbons (Fsp3) is 0.385. The quantitative estimate of drug-likeness (QED) is 0.659. The van der Waals surface area contributed by atoms with E-state index in [4.69, 9.17) is 0 Å². The molecule has 34 heavy (non-hydrogen) atoms. The molecule has 4 atom stereocenters. The molecular formula is C26H28N2O5S. The number of carboxylic acids is 1. The van der Waals surface area contributed by atoms with Gasteiger partial charge in [0, 0.05) is 13.3 Å². The number of nitrogens with one attached hydrogen (secondary N) is 1. The van der Waals surface area contributed by atoms with Gasteiger partial charge in [-0.15, -0.1) is 0 Å². The van der Waals surface area contributed by atoms with E-state index in [1.807, 2.05) is 54.6 Å². The van der Waals surface area contributed by atoms with Gasteiger partial charge in [0.1, 0.15) is 12.1 Å². The summed E-state index contributed by atoms with van der Waals surface area (Å²) in [7, 11) is 0. The van der Waals surface area contributed by atoms with Crippen molar-refractivity contribution in [3.8, 4) is 0 Å². The van der Waals surface area contributed by atoms with Crippen LogP contribution in [0.1, 0.15) is 48.9 Å². The normalized spacial score (nSPS) is 22.7. The zero-order valence-corrected chi connectivity index (χ0v) is 19.8. The first-order valence-electron chi connectivity index (χ1n) is 11.5. The van der Waals surface area contributed by atoms with E-state index in [1.54, 1.807) is 0 Å². The first-order valence-corrected chi connectivity index (χ1v) is 12.4. The molecule has 0 radical (unpaired) electrons. The number of hydrogen-bond donors (Lipinski definition) is 2. The molecule has 8 heteroatoms. The molecule has 4 rings (SSSR count). The SMILES string of the molecule is CC(=O)S[C@@H](Cc1ccccc1)C(=O)N[C@@H]1Cc2ccccc2[C@@H]2CCC[C@H](C(=O)O)N2C1=O. The summed E-state index contributed by atoms with van der Waals surface area (Å²) >= 11 is 0.941. The number of rotatable bonds is 6. The molecule has 2 aliphatic rings. The molecule has 0 unspecified atom stereocenters. The fourth-order valence-corrected chi connectivity index (χ4v) is 5.83. The van der Waals surface area contributed by atoms with Gasteiger partial charge in [-0.25, -0.2) is 4.79 Å². The van der Waals surface area contributed by atoms with Crippen molar-refractivity contribution in [1.29, 1.82) is 0 Å². The number of amides is 2. The molecule has 0 spiro atoms. The molecule has 1 saturated heterocycles. The maximum absolute atomic E-state index is 13.7. The summed E-state index contributed by atoms with van der Waals surface area (Å²) in [6.07, 6.45) is 2.41. The Bertz CT molecular complexity index is 1090. The van der Waals surface area contributed by atoms with Gasteiger partial charge in [-0.3, -0.25) is 14.4 Å². The van der Waals surface area contributed by atoms with Crippen LogP contribution >= 0.6 is 11.8 Å². The molecule has 178 valence electrons. The highest BCUT2D eigenvalue weighted by Crippen LogP contribution is 2.39. The second-order valence-electron chi connectivity index (χ2n) is 8.80. The van der Waals surface area contributed by atoms with E-state index in [1.165, 1.54) is 11.8 Å². The van der Waals surface area contributed by atoms with E-state index in [9.17, 15) is 24.3 Å². The molecule has 0 saturated carbocycles. The number of piperidine rings is 1. The van der Waals surface area contributed by atoms with Crippen LogP contribution in [0, 0.1) is 0 Å². The molecule has 0 aromatic heterocycles. The second-order valence-corrected chi connectivity index (χ2v) is 10.2. The van der Waals surface area contributed by atoms with E-state index in [-0.39, 0.29) is 23.5 Å². The zero-order valence-electron chi connectivity index (χ0n) is 19.0. The van der Waals surface area contributed by atoms with Crippen LogP contribution in [0.25, 0.3) is 0 Å². The van der Waals surface area contributed by atoms with Gasteiger partial charge in [-0.2, -0.15) is 0 Å². The minimum atomic E-state index is -1.03. The van der Waals surface area contributed by atoms with Crippen LogP contribution in [0.5, 0.6) is 0 Å². The molecule has 1 fully saturated rings. The predicted octanol–water partition coefficient (Wildman–Crippen LogP) is 3.13. The van der Waals surface area contributed by atoms with Crippen LogP contribution < -0.4 is 5.32 Å². The Morgan fingerprint density at radius 1 is 1.09 bits per heavy atom. The molecule has 2 aromatic rings. The molecule has 2 heterocycles. The number of carboxylic acid groups (broad SMARTS) is 1. The number of thioether (sulfide) groups is 1. The largest absolute Gasteiger partial charge is 0.480 e. The monoisotopic (exact) mass is 480 g/mol. The standard InChI is InChI=1S/C26H28N2O5S/c1-16(29)34-23(14-17-8-3-2-4-9-17)24(30)27-20-15-18-10-5-6-11-19(18)21-12-7-13-22(26(32)33)28(21)25(20)31/h2-6,8-11,20-23H,7,12-15H2,1H3,(H,27,30)(H,32,33)/t20-,21+,22-,23+/m1/s1. The zero-order chi connectivity index (χ0) is 24.2. The highest BCUT2D eigenvalue weighted by atomic mass is 32.2. The Balaban J connectivity index is 1.63. The number of fused-ring (bicyclic) bond motifs is 3. The minimum Gasteiger partial charge on any atom is -0.480 e. The summed E-state index contributed by atoms with van der Waals surface area (Å²) in [4.78, 5) is 52.4. The molecule has 0 aliphatic carbocycles. The molecule has 2 aliphatic heterocycles. The third-order valence-corrected chi connectivity index (χ3v) is 7.48. The maximum atomic E-state index is 13.7. The number of benzene rings is 2. The van der Waals surface area contributed by atoms with Crippen LogP contribution in [0.15, 0.2) is 54.6 Å². The summed E-state index contributed by atoms with van der Waals surface area (Å²) in [6, 6.07) is 14.9. The van der Waals surface area contributed by atoms with E-state index in [2.05, 4.69) is 5.32 Å². The first kappa shape index (κ1) is 24.0.